The number of carbonyl (C=O) groups is 1. The zero-order valence-corrected chi connectivity index (χ0v) is 9.90. The smallest absolute Gasteiger partial charge is 0.278 e. The van der Waals surface area contributed by atoms with E-state index in [0.717, 1.165) is 0 Å². The number of hydrogen-bond acceptors (Lipinski definition) is 4. The number of nitrogens with one attached hydrogen (secondary N) is 2. The van der Waals surface area contributed by atoms with Gasteiger partial charge in [-0.05, 0) is 18.2 Å². The fourth-order valence-electron chi connectivity index (χ4n) is 1.66. The van der Waals surface area contributed by atoms with E-state index >= 15 is 0 Å². The van der Waals surface area contributed by atoms with Crippen molar-refractivity contribution in [3.05, 3.63) is 40.3 Å². The van der Waals surface area contributed by atoms with Crippen molar-refractivity contribution in [1.82, 2.24) is 10.2 Å². The second kappa shape index (κ2) is 4.59. The molecule has 7 heteroatoms. The van der Waals surface area contributed by atoms with Crippen molar-refractivity contribution in [2.75, 3.05) is 0 Å². The molecule has 1 amide bonds. The van der Waals surface area contributed by atoms with Crippen LogP contribution < -0.4 is 11.0 Å². The average Bonchev–Trinajstić information content (AvgIpc) is 2.37. The van der Waals surface area contributed by atoms with Gasteiger partial charge < -0.3 is 0 Å². The van der Waals surface area contributed by atoms with Gasteiger partial charge in [-0.3, -0.25) is 15.4 Å². The molecule has 0 saturated heterocycles. The Labute approximate surface area is 107 Å². The van der Waals surface area contributed by atoms with E-state index in [1.807, 2.05) is 0 Å². The Balaban J connectivity index is 2.91. The van der Waals surface area contributed by atoms with Gasteiger partial charge in [0.1, 0.15) is 0 Å². The molecule has 92 valence electrons. The summed E-state index contributed by atoms with van der Waals surface area (Å²) >= 11 is 5.87. The summed E-state index contributed by atoms with van der Waals surface area (Å²) in [5.41, 5.74) is 1.84. The maximum atomic E-state index is 11.4. The van der Waals surface area contributed by atoms with Crippen molar-refractivity contribution in [3.8, 4) is 0 Å². The Morgan fingerprint density at radius 3 is 2.83 bits per heavy atom. The third-order valence-corrected chi connectivity index (χ3v) is 2.71. The van der Waals surface area contributed by atoms with Gasteiger partial charge in [-0.15, -0.1) is 0 Å². The van der Waals surface area contributed by atoms with Gasteiger partial charge in [-0.25, -0.2) is 10.2 Å². The van der Waals surface area contributed by atoms with Crippen LogP contribution in [0.25, 0.3) is 10.9 Å². The lowest BCUT2D eigenvalue weighted by molar-refractivity contribution is 0.0703. The number of aromatic nitrogens is 1. The van der Waals surface area contributed by atoms with E-state index in [-0.39, 0.29) is 11.1 Å². The molecule has 18 heavy (non-hydrogen) atoms. The maximum absolute atomic E-state index is 11.4. The Hall–Kier alpha value is -2.18. The van der Waals surface area contributed by atoms with Crippen LogP contribution in [-0.2, 0) is 0 Å². The second-order valence-corrected chi connectivity index (χ2v) is 3.94. The molecule has 0 spiro atoms. The van der Waals surface area contributed by atoms with Crippen molar-refractivity contribution in [1.29, 1.82) is 5.41 Å². The van der Waals surface area contributed by atoms with Crippen LogP contribution in [0, 0.1) is 5.41 Å². The number of halogens is 1. The maximum Gasteiger partial charge on any atom is 0.278 e. The van der Waals surface area contributed by atoms with Crippen molar-refractivity contribution < 1.29 is 10.0 Å². The molecule has 0 atom stereocenters. The van der Waals surface area contributed by atoms with Crippen LogP contribution in [0.5, 0.6) is 0 Å². The Bertz CT molecular complexity index is 708. The summed E-state index contributed by atoms with van der Waals surface area (Å²) in [7, 11) is 0. The van der Waals surface area contributed by atoms with Crippen LogP contribution in [0.2, 0.25) is 5.02 Å². The van der Waals surface area contributed by atoms with Gasteiger partial charge in [0.25, 0.3) is 5.91 Å². The fraction of sp³-hybridized carbons (Fsp3) is 0. The van der Waals surface area contributed by atoms with Crippen LogP contribution in [0.3, 0.4) is 0 Å². The molecule has 0 unspecified atom stereocenters. The molecule has 2 aromatic rings. The first-order chi connectivity index (χ1) is 8.58. The number of hydroxylamine groups is 1. The lowest BCUT2D eigenvalue weighted by atomic mass is 10.1. The van der Waals surface area contributed by atoms with E-state index in [1.54, 1.807) is 18.2 Å². The van der Waals surface area contributed by atoms with Crippen LogP contribution in [0.1, 0.15) is 10.4 Å². The predicted octanol–water partition coefficient (Wildman–Crippen LogP) is 1.36. The number of rotatable bonds is 2. The van der Waals surface area contributed by atoms with E-state index < -0.39 is 5.91 Å². The number of nitrogens with zero attached hydrogens (tertiary/aromatic N) is 2. The highest BCUT2D eigenvalue weighted by atomic mass is 35.5. The largest absolute Gasteiger partial charge is 0.288 e. The van der Waals surface area contributed by atoms with E-state index in [9.17, 15) is 4.79 Å². The van der Waals surface area contributed by atoms with E-state index in [2.05, 4.69) is 11.8 Å². The molecule has 1 heterocycles. The van der Waals surface area contributed by atoms with Crippen LogP contribution in [0.4, 0.5) is 0 Å². The molecular formula is C11H9ClN4O2. The Morgan fingerprint density at radius 2 is 2.22 bits per heavy atom. The average molecular weight is 265 g/mol. The van der Waals surface area contributed by atoms with Crippen molar-refractivity contribution >= 4 is 35.1 Å². The molecule has 0 aliphatic rings. The monoisotopic (exact) mass is 264 g/mol. The summed E-state index contributed by atoms with van der Waals surface area (Å²) in [6.07, 6.45) is 0. The van der Waals surface area contributed by atoms with E-state index in [0.29, 0.717) is 15.9 Å². The lowest BCUT2D eigenvalue weighted by Gasteiger charge is -2.09. The second-order valence-electron chi connectivity index (χ2n) is 3.50. The first-order valence-electron chi connectivity index (χ1n) is 4.90. The number of fused-ring (bicyclic) bond motifs is 1. The molecule has 0 fully saturated rings. The van der Waals surface area contributed by atoms with Gasteiger partial charge in [0.2, 0.25) is 0 Å². The van der Waals surface area contributed by atoms with Gasteiger partial charge in [-0.2, -0.15) is 5.10 Å². The van der Waals surface area contributed by atoms with Gasteiger partial charge in [0.15, 0.2) is 5.49 Å². The molecule has 2 rings (SSSR count). The zero-order valence-electron chi connectivity index (χ0n) is 9.14. The Kier molecular flexibility index (Phi) is 3.14. The molecule has 0 bridgehead atoms. The van der Waals surface area contributed by atoms with Gasteiger partial charge >= 0.3 is 0 Å². The molecule has 0 radical (unpaired) electrons. The zero-order chi connectivity index (χ0) is 13.3. The van der Waals surface area contributed by atoms with Crippen molar-refractivity contribution in [2.24, 2.45) is 5.10 Å². The molecule has 0 aliphatic carbocycles. The number of pyridine rings is 1. The molecule has 0 saturated carbocycles. The van der Waals surface area contributed by atoms with E-state index in [1.165, 1.54) is 16.2 Å². The lowest BCUT2D eigenvalue weighted by Crippen LogP contribution is -2.30. The summed E-state index contributed by atoms with van der Waals surface area (Å²) in [5.74, 6) is -0.783. The molecule has 1 aromatic carbocycles. The SMILES string of the molecule is C=Nn1c(=N)c(C(=O)NO)cc2ccc(Cl)cc21. The number of amides is 1. The molecule has 0 aliphatic heterocycles. The summed E-state index contributed by atoms with van der Waals surface area (Å²) in [6.45, 7) is 3.35. The van der Waals surface area contributed by atoms with Gasteiger partial charge in [0, 0.05) is 17.1 Å². The van der Waals surface area contributed by atoms with E-state index in [4.69, 9.17) is 22.2 Å². The van der Waals surface area contributed by atoms with Crippen molar-refractivity contribution in [3.63, 3.8) is 0 Å². The minimum Gasteiger partial charge on any atom is -0.288 e. The highest BCUT2D eigenvalue weighted by molar-refractivity contribution is 6.31. The van der Waals surface area contributed by atoms with Crippen LogP contribution in [-0.4, -0.2) is 22.5 Å². The summed E-state index contributed by atoms with van der Waals surface area (Å²) < 4.78 is 1.17. The predicted molar refractivity (Wildman–Crippen MR) is 67.0 cm³/mol. The molecule has 6 nitrogen and oxygen atoms in total. The molecule has 3 N–H and O–H groups in total. The summed E-state index contributed by atoms with van der Waals surface area (Å²) in [5, 5.41) is 21.3. The minimum absolute atomic E-state index is 0.0141. The van der Waals surface area contributed by atoms with Crippen molar-refractivity contribution in [2.45, 2.75) is 0 Å². The van der Waals surface area contributed by atoms with Gasteiger partial charge in [0.05, 0.1) is 11.1 Å². The van der Waals surface area contributed by atoms with Crippen LogP contribution >= 0.6 is 11.6 Å². The summed E-state index contributed by atoms with van der Waals surface area (Å²) in [4.78, 5) is 11.4. The molecule has 1 aromatic heterocycles. The first-order valence-corrected chi connectivity index (χ1v) is 5.27. The number of hydrogen-bond donors (Lipinski definition) is 3. The minimum atomic E-state index is -0.783. The van der Waals surface area contributed by atoms with Gasteiger partial charge in [-0.1, -0.05) is 17.7 Å². The highest BCUT2D eigenvalue weighted by Crippen LogP contribution is 2.19. The first kappa shape index (κ1) is 12.3. The Morgan fingerprint density at radius 1 is 1.50 bits per heavy atom. The quantitative estimate of drug-likeness (QED) is 0.434. The molecular weight excluding hydrogens is 256 g/mol. The fourth-order valence-corrected chi connectivity index (χ4v) is 1.83. The van der Waals surface area contributed by atoms with Crippen LogP contribution in [0.15, 0.2) is 29.4 Å². The number of carbonyl (C=O) groups excluding carboxylic acids is 1. The topological polar surface area (TPSA) is 90.5 Å². The normalized spacial score (nSPS) is 10.3. The standard InChI is InChI=1S/C11H9ClN4O2/c1-14-16-9-5-7(12)3-2-6(9)4-8(10(16)13)11(17)15-18/h2-5,13,18H,1H2,(H,15,17). The summed E-state index contributed by atoms with van der Waals surface area (Å²) in [6, 6.07) is 6.43. The third-order valence-electron chi connectivity index (χ3n) is 2.48. The highest BCUT2D eigenvalue weighted by Gasteiger charge is 2.12. The number of benzene rings is 1. The third kappa shape index (κ3) is 1.87.